The summed E-state index contributed by atoms with van der Waals surface area (Å²) in [5, 5.41) is 3.06. The largest absolute Gasteiger partial charge is 0.352 e. The number of anilines is 1. The Morgan fingerprint density at radius 1 is 1.06 bits per heavy atom. The zero-order valence-electron chi connectivity index (χ0n) is 19.0. The molecule has 3 aromatic rings. The van der Waals surface area contributed by atoms with Gasteiger partial charge in [0, 0.05) is 16.5 Å². The number of hydrogen-bond donors (Lipinski definition) is 1. The molecule has 1 heterocycles. The van der Waals surface area contributed by atoms with Gasteiger partial charge in [0.25, 0.3) is 0 Å². The third kappa shape index (κ3) is 5.10. The van der Waals surface area contributed by atoms with E-state index in [9.17, 15) is 9.59 Å². The molecular weight excluding hydrogens is 452 g/mol. The number of hydrogen-bond acceptors (Lipinski definition) is 3. The number of aryl methyl sites for hydroxylation is 2. The van der Waals surface area contributed by atoms with Crippen molar-refractivity contribution in [2.24, 2.45) is 5.92 Å². The first kappa shape index (κ1) is 23.4. The molecule has 4 rings (SSSR count). The van der Waals surface area contributed by atoms with Crippen LogP contribution in [0.25, 0.3) is 0 Å². The minimum atomic E-state index is -0.503. The van der Waals surface area contributed by atoms with Gasteiger partial charge in [-0.1, -0.05) is 72.6 Å². The fourth-order valence-corrected chi connectivity index (χ4v) is 5.47. The van der Waals surface area contributed by atoms with Crippen molar-refractivity contribution in [2.45, 2.75) is 44.0 Å². The maximum Gasteiger partial charge on any atom is 0.241 e. The van der Waals surface area contributed by atoms with Crippen molar-refractivity contribution < 1.29 is 9.59 Å². The number of nitrogens with zero attached hydrogens (tertiary/aromatic N) is 1. The summed E-state index contributed by atoms with van der Waals surface area (Å²) in [6.45, 7) is 6.75. The number of amides is 2. The molecule has 0 bridgehead atoms. The highest BCUT2D eigenvalue weighted by atomic mass is 35.5. The van der Waals surface area contributed by atoms with Crippen molar-refractivity contribution in [3.05, 3.63) is 94.0 Å². The number of thioether (sulfide) groups is 1. The topological polar surface area (TPSA) is 49.4 Å². The van der Waals surface area contributed by atoms with Gasteiger partial charge in [0.05, 0.1) is 18.2 Å². The molecule has 3 aromatic carbocycles. The van der Waals surface area contributed by atoms with Crippen LogP contribution < -0.4 is 10.2 Å². The minimum Gasteiger partial charge on any atom is -0.352 e. The molecule has 1 aliphatic rings. The van der Waals surface area contributed by atoms with Crippen LogP contribution in [-0.4, -0.2) is 17.1 Å². The number of benzene rings is 3. The zero-order chi connectivity index (χ0) is 23.5. The van der Waals surface area contributed by atoms with Crippen LogP contribution in [0, 0.1) is 19.8 Å². The smallest absolute Gasteiger partial charge is 0.241 e. The van der Waals surface area contributed by atoms with Crippen molar-refractivity contribution in [2.75, 3.05) is 4.90 Å². The SMILES string of the molecule is Cc1ccc(C)c(CN2C(=O)[C@H]([C@@H](C)C(=O)NCc3ccccc3Cl)Sc3ccccc32)c1. The van der Waals surface area contributed by atoms with Gasteiger partial charge in [0.2, 0.25) is 11.8 Å². The third-order valence-corrected chi connectivity index (χ3v) is 7.86. The Morgan fingerprint density at radius 2 is 1.79 bits per heavy atom. The van der Waals surface area contributed by atoms with Gasteiger partial charge in [-0.2, -0.15) is 0 Å². The van der Waals surface area contributed by atoms with Crippen molar-refractivity contribution in [3.63, 3.8) is 0 Å². The van der Waals surface area contributed by atoms with Gasteiger partial charge in [-0.05, 0) is 48.7 Å². The Morgan fingerprint density at radius 3 is 2.58 bits per heavy atom. The van der Waals surface area contributed by atoms with Gasteiger partial charge in [-0.25, -0.2) is 0 Å². The van der Waals surface area contributed by atoms with Gasteiger partial charge >= 0.3 is 0 Å². The molecule has 0 spiro atoms. The number of carbonyl (C=O) groups is 2. The second kappa shape index (κ2) is 10.0. The average molecular weight is 479 g/mol. The van der Waals surface area contributed by atoms with Crippen LogP contribution in [0.1, 0.15) is 29.2 Å². The molecule has 0 saturated heterocycles. The maximum absolute atomic E-state index is 13.7. The van der Waals surface area contributed by atoms with Crippen LogP contribution in [0.3, 0.4) is 0 Å². The van der Waals surface area contributed by atoms with Crippen LogP contribution in [0.15, 0.2) is 71.6 Å². The Hall–Kier alpha value is -2.76. The van der Waals surface area contributed by atoms with Gasteiger partial charge in [-0.3, -0.25) is 9.59 Å². The predicted molar refractivity (Wildman–Crippen MR) is 136 cm³/mol. The van der Waals surface area contributed by atoms with Gasteiger partial charge in [0.1, 0.15) is 5.25 Å². The molecule has 2 atom stereocenters. The molecule has 0 fully saturated rings. The number of nitrogens with one attached hydrogen (secondary N) is 1. The van der Waals surface area contributed by atoms with E-state index in [0.29, 0.717) is 18.1 Å². The standard InChI is InChI=1S/C27H27ClN2O2S/c1-17-12-13-18(2)21(14-17)16-30-23-10-6-7-11-24(23)33-25(27(30)32)19(3)26(31)29-15-20-8-4-5-9-22(20)28/h4-14,19,25H,15-16H2,1-3H3,(H,29,31)/t19-,25+/m1/s1. The number of para-hydroxylation sites is 1. The van der Waals surface area contributed by atoms with Crippen molar-refractivity contribution in [3.8, 4) is 0 Å². The van der Waals surface area contributed by atoms with Crippen LogP contribution >= 0.6 is 23.4 Å². The highest BCUT2D eigenvalue weighted by Gasteiger charge is 2.39. The summed E-state index contributed by atoms with van der Waals surface area (Å²) in [7, 11) is 0. The van der Waals surface area contributed by atoms with E-state index in [1.54, 1.807) is 6.07 Å². The molecule has 33 heavy (non-hydrogen) atoms. The van der Waals surface area contributed by atoms with Crippen molar-refractivity contribution in [1.82, 2.24) is 5.32 Å². The number of fused-ring (bicyclic) bond motifs is 1. The van der Waals surface area contributed by atoms with Gasteiger partial charge in [-0.15, -0.1) is 11.8 Å². The minimum absolute atomic E-state index is 0.0417. The van der Waals surface area contributed by atoms with Gasteiger partial charge < -0.3 is 10.2 Å². The number of carbonyl (C=O) groups excluding carboxylic acids is 2. The first-order chi connectivity index (χ1) is 15.8. The Bertz CT molecular complexity index is 1200. The fraction of sp³-hybridized carbons (Fsp3) is 0.259. The molecule has 6 heteroatoms. The summed E-state index contributed by atoms with van der Waals surface area (Å²) < 4.78 is 0. The molecule has 0 aliphatic carbocycles. The first-order valence-corrected chi connectivity index (χ1v) is 12.2. The lowest BCUT2D eigenvalue weighted by atomic mass is 10.0. The lowest BCUT2D eigenvalue weighted by Crippen LogP contribution is -2.47. The molecule has 0 saturated carbocycles. The molecule has 1 aliphatic heterocycles. The molecule has 0 radical (unpaired) electrons. The highest BCUT2D eigenvalue weighted by molar-refractivity contribution is 8.01. The van der Waals surface area contributed by atoms with Crippen LogP contribution in [0.2, 0.25) is 5.02 Å². The zero-order valence-corrected chi connectivity index (χ0v) is 20.5. The second-order valence-corrected chi connectivity index (χ2v) is 10.0. The van der Waals surface area contributed by atoms with E-state index in [1.807, 2.05) is 54.3 Å². The number of rotatable bonds is 6. The predicted octanol–water partition coefficient (Wildman–Crippen LogP) is 5.92. The van der Waals surface area contributed by atoms with Crippen LogP contribution in [0.5, 0.6) is 0 Å². The average Bonchev–Trinajstić information content (AvgIpc) is 2.81. The summed E-state index contributed by atoms with van der Waals surface area (Å²) in [5.41, 5.74) is 5.16. The Balaban J connectivity index is 1.56. The molecule has 4 nitrogen and oxygen atoms in total. The van der Waals surface area contributed by atoms with E-state index >= 15 is 0 Å². The van der Waals surface area contributed by atoms with E-state index in [2.05, 4.69) is 37.4 Å². The van der Waals surface area contributed by atoms with Crippen LogP contribution in [-0.2, 0) is 22.7 Å². The van der Waals surface area contributed by atoms with Gasteiger partial charge in [0.15, 0.2) is 0 Å². The third-order valence-electron chi connectivity index (χ3n) is 6.03. The summed E-state index contributed by atoms with van der Waals surface area (Å²) in [6.07, 6.45) is 0. The van der Waals surface area contributed by atoms with E-state index in [0.717, 1.165) is 32.8 Å². The quantitative estimate of drug-likeness (QED) is 0.478. The second-order valence-electron chi connectivity index (χ2n) is 8.46. The first-order valence-electron chi connectivity index (χ1n) is 11.0. The van der Waals surface area contributed by atoms with E-state index in [-0.39, 0.29) is 11.8 Å². The molecule has 0 unspecified atom stereocenters. The summed E-state index contributed by atoms with van der Waals surface area (Å²) >= 11 is 7.69. The maximum atomic E-state index is 13.7. The lowest BCUT2D eigenvalue weighted by Gasteiger charge is -2.36. The molecular formula is C27H27ClN2O2S. The van der Waals surface area contributed by atoms with Crippen molar-refractivity contribution in [1.29, 1.82) is 0 Å². The van der Waals surface area contributed by atoms with E-state index in [4.69, 9.17) is 11.6 Å². The number of halogens is 1. The summed E-state index contributed by atoms with van der Waals surface area (Å²) in [5.74, 6) is -0.703. The molecule has 2 amide bonds. The lowest BCUT2D eigenvalue weighted by molar-refractivity contribution is -0.128. The Labute approximate surface area is 204 Å². The van der Waals surface area contributed by atoms with E-state index < -0.39 is 11.2 Å². The molecule has 0 aromatic heterocycles. The fourth-order valence-electron chi connectivity index (χ4n) is 3.98. The summed E-state index contributed by atoms with van der Waals surface area (Å²) in [6, 6.07) is 21.6. The molecule has 170 valence electrons. The Kier molecular flexibility index (Phi) is 7.11. The van der Waals surface area contributed by atoms with Crippen LogP contribution in [0.4, 0.5) is 5.69 Å². The van der Waals surface area contributed by atoms with Crippen molar-refractivity contribution >= 4 is 40.9 Å². The normalized spacial score (nSPS) is 16.3. The highest BCUT2D eigenvalue weighted by Crippen LogP contribution is 2.42. The summed E-state index contributed by atoms with van der Waals surface area (Å²) in [4.78, 5) is 29.5. The van der Waals surface area contributed by atoms with E-state index in [1.165, 1.54) is 11.8 Å². The molecule has 1 N–H and O–H groups in total. The monoisotopic (exact) mass is 478 g/mol.